The molecule has 0 saturated carbocycles. The minimum Gasteiger partial charge on any atom is -0.350 e. The van der Waals surface area contributed by atoms with Crippen LogP contribution in [-0.2, 0) is 13.0 Å². The molecule has 5 heteroatoms. The molecule has 0 radical (unpaired) electrons. The molecule has 3 aromatic rings. The third-order valence-electron chi connectivity index (χ3n) is 5.31. The number of pyridine rings is 1. The number of carbonyl (C=O) groups excluding carboxylic acids is 1. The van der Waals surface area contributed by atoms with Crippen LogP contribution < -0.4 is 10.9 Å². The molecule has 0 aliphatic heterocycles. The number of aryl methyl sites for hydroxylation is 1. The van der Waals surface area contributed by atoms with Gasteiger partial charge < -0.3 is 14.8 Å². The summed E-state index contributed by atoms with van der Waals surface area (Å²) in [6.45, 7) is 2.98. The maximum Gasteiger partial charge on any atom is 0.263 e. The molecular formula is C25H29N3O2. The number of nitrogens with zero attached hydrogens (tertiary/aromatic N) is 2. The van der Waals surface area contributed by atoms with E-state index in [1.54, 1.807) is 22.9 Å². The van der Waals surface area contributed by atoms with Crippen molar-refractivity contribution >= 4 is 5.91 Å². The van der Waals surface area contributed by atoms with Crippen molar-refractivity contribution < 1.29 is 4.79 Å². The topological polar surface area (TPSA) is 54.3 Å². The second-order valence-corrected chi connectivity index (χ2v) is 7.63. The van der Waals surface area contributed by atoms with Crippen LogP contribution in [0.3, 0.4) is 0 Å². The highest BCUT2D eigenvalue weighted by Gasteiger charge is 2.18. The molecule has 1 amide bonds. The zero-order valence-corrected chi connectivity index (χ0v) is 17.8. The fourth-order valence-corrected chi connectivity index (χ4v) is 3.47. The van der Waals surface area contributed by atoms with Gasteiger partial charge in [-0.3, -0.25) is 9.59 Å². The molecule has 0 saturated heterocycles. The van der Waals surface area contributed by atoms with Crippen molar-refractivity contribution in [2.75, 3.05) is 20.6 Å². The highest BCUT2D eigenvalue weighted by molar-refractivity contribution is 5.93. The molecule has 0 aliphatic rings. The summed E-state index contributed by atoms with van der Waals surface area (Å²) >= 11 is 0. The van der Waals surface area contributed by atoms with E-state index in [0.29, 0.717) is 13.1 Å². The monoisotopic (exact) mass is 403 g/mol. The third-order valence-corrected chi connectivity index (χ3v) is 5.31. The van der Waals surface area contributed by atoms with Crippen LogP contribution in [0.2, 0.25) is 0 Å². The number of carbonyl (C=O) groups is 1. The van der Waals surface area contributed by atoms with Gasteiger partial charge >= 0.3 is 0 Å². The average Bonchev–Trinajstić information content (AvgIpc) is 2.76. The summed E-state index contributed by atoms with van der Waals surface area (Å²) in [5, 5.41) is 2.95. The molecule has 30 heavy (non-hydrogen) atoms. The fraction of sp³-hybridized carbons (Fsp3) is 0.280. The lowest BCUT2D eigenvalue weighted by molar-refractivity contribution is 0.0940. The van der Waals surface area contributed by atoms with Crippen LogP contribution in [0.5, 0.6) is 0 Å². The number of likely N-dealkylation sites (N-methyl/N-ethyl adjacent to an activating group) is 1. The predicted octanol–water partition coefficient (Wildman–Crippen LogP) is 3.49. The molecule has 0 aliphatic carbocycles. The quantitative estimate of drug-likeness (QED) is 0.626. The zero-order valence-electron chi connectivity index (χ0n) is 17.8. The molecule has 0 spiro atoms. The molecule has 156 valence electrons. The van der Waals surface area contributed by atoms with Crippen LogP contribution in [0.4, 0.5) is 0 Å². The van der Waals surface area contributed by atoms with Gasteiger partial charge in [-0.05, 0) is 49.3 Å². The van der Waals surface area contributed by atoms with Crippen molar-refractivity contribution in [2.24, 2.45) is 0 Å². The molecule has 2 aromatic carbocycles. The second-order valence-electron chi connectivity index (χ2n) is 7.63. The Balaban J connectivity index is 1.73. The molecule has 1 atom stereocenters. The van der Waals surface area contributed by atoms with Gasteiger partial charge in [-0.1, -0.05) is 61.5 Å². The van der Waals surface area contributed by atoms with Gasteiger partial charge in [0.1, 0.15) is 5.56 Å². The summed E-state index contributed by atoms with van der Waals surface area (Å²) in [5.41, 5.74) is 3.30. The van der Waals surface area contributed by atoms with E-state index in [1.165, 1.54) is 5.56 Å². The molecule has 3 rings (SSSR count). The first-order chi connectivity index (χ1) is 14.5. The number of amides is 1. The van der Waals surface area contributed by atoms with Crippen molar-refractivity contribution in [3.05, 3.63) is 106 Å². The van der Waals surface area contributed by atoms with E-state index in [4.69, 9.17) is 0 Å². The van der Waals surface area contributed by atoms with Gasteiger partial charge in [0, 0.05) is 12.7 Å². The molecular weight excluding hydrogens is 374 g/mol. The van der Waals surface area contributed by atoms with Crippen molar-refractivity contribution in [1.29, 1.82) is 0 Å². The summed E-state index contributed by atoms with van der Waals surface area (Å²) in [4.78, 5) is 27.7. The molecule has 1 aromatic heterocycles. The van der Waals surface area contributed by atoms with Gasteiger partial charge in [-0.25, -0.2) is 0 Å². The summed E-state index contributed by atoms with van der Waals surface area (Å²) in [6.07, 6.45) is 2.71. The molecule has 5 nitrogen and oxygen atoms in total. The first-order valence-corrected chi connectivity index (χ1v) is 10.3. The second kappa shape index (κ2) is 10.0. The normalized spacial score (nSPS) is 12.0. The van der Waals surface area contributed by atoms with Crippen LogP contribution in [-0.4, -0.2) is 36.0 Å². The number of hydrogen-bond acceptors (Lipinski definition) is 3. The van der Waals surface area contributed by atoms with Gasteiger partial charge in [0.05, 0.1) is 12.6 Å². The standard InChI is InChI=1S/C25H29N3O2/c1-4-19-12-14-21(15-13-19)23(27(2)3)17-26-24(29)22-11-8-16-28(25(22)30)18-20-9-6-5-7-10-20/h5-16,23H,4,17-18H2,1-3H3,(H,26,29). The Kier molecular flexibility index (Phi) is 7.20. The van der Waals surface area contributed by atoms with E-state index in [9.17, 15) is 9.59 Å². The number of benzene rings is 2. The summed E-state index contributed by atoms with van der Waals surface area (Å²) in [5.74, 6) is -0.348. The maximum absolute atomic E-state index is 12.8. The Bertz CT molecular complexity index is 1020. The van der Waals surface area contributed by atoms with Gasteiger partial charge in [0.25, 0.3) is 11.5 Å². The van der Waals surface area contributed by atoms with Crippen LogP contribution in [0.1, 0.15) is 40.0 Å². The lowest BCUT2D eigenvalue weighted by atomic mass is 10.0. The summed E-state index contributed by atoms with van der Waals surface area (Å²) in [7, 11) is 3.97. The highest BCUT2D eigenvalue weighted by Crippen LogP contribution is 2.18. The average molecular weight is 404 g/mol. The van der Waals surface area contributed by atoms with Gasteiger partial charge in [0.2, 0.25) is 0 Å². The summed E-state index contributed by atoms with van der Waals surface area (Å²) in [6, 6.07) is 21.5. The van der Waals surface area contributed by atoms with Crippen LogP contribution in [0.25, 0.3) is 0 Å². The van der Waals surface area contributed by atoms with E-state index < -0.39 is 0 Å². The molecule has 1 N–H and O–H groups in total. The van der Waals surface area contributed by atoms with Crippen LogP contribution >= 0.6 is 0 Å². The SMILES string of the molecule is CCc1ccc(C(CNC(=O)c2cccn(Cc3ccccc3)c2=O)N(C)C)cc1. The first-order valence-electron chi connectivity index (χ1n) is 10.3. The van der Waals surface area contributed by atoms with Gasteiger partial charge in [0.15, 0.2) is 0 Å². The van der Waals surface area contributed by atoms with Crippen LogP contribution in [0, 0.1) is 0 Å². The number of hydrogen-bond donors (Lipinski definition) is 1. The third kappa shape index (κ3) is 5.24. The van der Waals surface area contributed by atoms with E-state index in [-0.39, 0.29) is 23.1 Å². The van der Waals surface area contributed by atoms with Crippen molar-refractivity contribution in [2.45, 2.75) is 25.9 Å². The Morgan fingerprint density at radius 1 is 0.967 bits per heavy atom. The maximum atomic E-state index is 12.8. The number of aromatic nitrogens is 1. The van der Waals surface area contributed by atoms with Gasteiger partial charge in [-0.2, -0.15) is 0 Å². The van der Waals surface area contributed by atoms with Crippen LogP contribution in [0.15, 0.2) is 77.7 Å². The Morgan fingerprint density at radius 3 is 2.30 bits per heavy atom. The molecule has 1 unspecified atom stereocenters. The summed E-state index contributed by atoms with van der Waals surface area (Å²) < 4.78 is 1.57. The predicted molar refractivity (Wildman–Crippen MR) is 121 cm³/mol. The minimum atomic E-state index is -0.348. The number of nitrogens with one attached hydrogen (secondary N) is 1. The Labute approximate surface area is 178 Å². The van der Waals surface area contributed by atoms with Gasteiger partial charge in [-0.15, -0.1) is 0 Å². The van der Waals surface area contributed by atoms with E-state index >= 15 is 0 Å². The molecule has 1 heterocycles. The molecule has 0 bridgehead atoms. The molecule has 0 fully saturated rings. The van der Waals surface area contributed by atoms with E-state index in [2.05, 4.69) is 41.4 Å². The minimum absolute atomic E-state index is 0.0233. The van der Waals surface area contributed by atoms with Crippen molar-refractivity contribution in [3.8, 4) is 0 Å². The first kappa shape index (κ1) is 21.5. The largest absolute Gasteiger partial charge is 0.350 e. The Morgan fingerprint density at radius 2 is 1.67 bits per heavy atom. The van der Waals surface area contributed by atoms with E-state index in [0.717, 1.165) is 17.5 Å². The Hall–Kier alpha value is -3.18. The van der Waals surface area contributed by atoms with E-state index in [1.807, 2.05) is 44.4 Å². The lowest BCUT2D eigenvalue weighted by Gasteiger charge is -2.25. The highest BCUT2D eigenvalue weighted by atomic mass is 16.2. The smallest absolute Gasteiger partial charge is 0.263 e. The zero-order chi connectivity index (χ0) is 21.5. The lowest BCUT2D eigenvalue weighted by Crippen LogP contribution is -2.37. The van der Waals surface area contributed by atoms with Crippen molar-refractivity contribution in [1.82, 2.24) is 14.8 Å². The number of rotatable bonds is 8. The van der Waals surface area contributed by atoms with Crippen molar-refractivity contribution in [3.63, 3.8) is 0 Å². The fourth-order valence-electron chi connectivity index (χ4n) is 3.47.